The fraction of sp³-hybridized carbons (Fsp3) is 0.400. The van der Waals surface area contributed by atoms with Gasteiger partial charge in [-0.05, 0) is 24.6 Å². The summed E-state index contributed by atoms with van der Waals surface area (Å²) in [6.07, 6.45) is 4.49. The van der Waals surface area contributed by atoms with Crippen molar-refractivity contribution < 1.29 is 23.1 Å². The molecular weight excluding hydrogens is 320 g/mol. The van der Waals surface area contributed by atoms with Gasteiger partial charge in [-0.2, -0.15) is 12.7 Å². The molecule has 2 aliphatic heterocycles. The van der Waals surface area contributed by atoms with Gasteiger partial charge in [0, 0.05) is 18.7 Å². The Bertz CT molecular complexity index is 744. The van der Waals surface area contributed by atoms with Crippen LogP contribution in [0.3, 0.4) is 0 Å². The molecular formula is C15H18N2O5S. The molecule has 0 fully saturated rings. The van der Waals surface area contributed by atoms with Gasteiger partial charge < -0.3 is 9.84 Å². The minimum absolute atomic E-state index is 0.118. The number of aromatic carboxylic acids is 1. The summed E-state index contributed by atoms with van der Waals surface area (Å²) in [6.45, 7) is 1.46. The first-order valence-corrected chi connectivity index (χ1v) is 8.76. The van der Waals surface area contributed by atoms with Crippen LogP contribution in [0.4, 0.5) is 5.69 Å². The number of ether oxygens (including phenoxy) is 1. The van der Waals surface area contributed by atoms with E-state index in [-0.39, 0.29) is 25.3 Å². The summed E-state index contributed by atoms with van der Waals surface area (Å²) in [5.74, 6) is -1.05. The molecule has 3 rings (SSSR count). The highest BCUT2D eigenvalue weighted by atomic mass is 32.2. The van der Waals surface area contributed by atoms with Crippen molar-refractivity contribution in [1.29, 1.82) is 0 Å². The summed E-state index contributed by atoms with van der Waals surface area (Å²) in [6, 6.07) is 4.44. The number of rotatable bonds is 3. The summed E-state index contributed by atoms with van der Waals surface area (Å²) >= 11 is 0. The van der Waals surface area contributed by atoms with E-state index >= 15 is 0 Å². The molecule has 0 aromatic heterocycles. The Morgan fingerprint density at radius 2 is 2.04 bits per heavy atom. The Balaban J connectivity index is 2.00. The second kappa shape index (κ2) is 6.31. The summed E-state index contributed by atoms with van der Waals surface area (Å²) in [7, 11) is -3.67. The number of fused-ring (bicyclic) bond motifs is 1. The van der Waals surface area contributed by atoms with Gasteiger partial charge in [0.2, 0.25) is 0 Å². The third kappa shape index (κ3) is 3.10. The molecule has 1 N–H and O–H groups in total. The summed E-state index contributed by atoms with van der Waals surface area (Å²) in [4.78, 5) is 11.1. The van der Waals surface area contributed by atoms with Crippen molar-refractivity contribution in [3.8, 4) is 0 Å². The van der Waals surface area contributed by atoms with E-state index in [0.29, 0.717) is 30.8 Å². The second-order valence-corrected chi connectivity index (χ2v) is 7.25. The van der Waals surface area contributed by atoms with Crippen LogP contribution in [0.15, 0.2) is 30.4 Å². The lowest BCUT2D eigenvalue weighted by Crippen LogP contribution is -2.46. The van der Waals surface area contributed by atoms with E-state index in [9.17, 15) is 13.2 Å². The minimum atomic E-state index is -3.67. The van der Waals surface area contributed by atoms with Gasteiger partial charge in [-0.3, -0.25) is 4.31 Å². The fourth-order valence-electron chi connectivity index (χ4n) is 2.74. The number of benzene rings is 1. The molecule has 1 aromatic rings. The van der Waals surface area contributed by atoms with Crippen LogP contribution >= 0.6 is 0 Å². The zero-order valence-electron chi connectivity index (χ0n) is 12.5. The standard InChI is InChI=1S/C15H18N2O5S/c18-15(19)12-4-5-14-13(10-12)11-22-9-8-17(14)23(20,21)16-6-2-1-3-7-16/h1-2,4-5,10H,3,6-9,11H2,(H,18,19). The highest BCUT2D eigenvalue weighted by molar-refractivity contribution is 7.90. The molecule has 124 valence electrons. The Morgan fingerprint density at radius 3 is 2.74 bits per heavy atom. The summed E-state index contributed by atoms with van der Waals surface area (Å²) < 4.78 is 34.0. The number of hydrogen-bond donors (Lipinski definition) is 1. The van der Waals surface area contributed by atoms with Gasteiger partial charge in [0.1, 0.15) is 0 Å². The summed E-state index contributed by atoms with van der Waals surface area (Å²) in [5.41, 5.74) is 1.17. The number of carbonyl (C=O) groups is 1. The molecule has 1 aromatic carbocycles. The van der Waals surface area contributed by atoms with Gasteiger partial charge in [-0.15, -0.1) is 0 Å². The Hall–Kier alpha value is -1.90. The molecule has 0 bridgehead atoms. The van der Waals surface area contributed by atoms with Crippen molar-refractivity contribution in [3.63, 3.8) is 0 Å². The normalized spacial score (nSPS) is 19.2. The van der Waals surface area contributed by atoms with Crippen LogP contribution in [0, 0.1) is 0 Å². The maximum atomic E-state index is 12.9. The molecule has 2 heterocycles. The van der Waals surface area contributed by atoms with Crippen molar-refractivity contribution in [2.75, 3.05) is 30.5 Å². The molecule has 7 nitrogen and oxygen atoms in total. The van der Waals surface area contributed by atoms with Crippen molar-refractivity contribution in [1.82, 2.24) is 4.31 Å². The smallest absolute Gasteiger partial charge is 0.335 e. The van der Waals surface area contributed by atoms with Gasteiger partial charge >= 0.3 is 16.2 Å². The van der Waals surface area contributed by atoms with Crippen LogP contribution < -0.4 is 4.31 Å². The monoisotopic (exact) mass is 338 g/mol. The van der Waals surface area contributed by atoms with Crippen LogP contribution in [-0.4, -0.2) is 50.0 Å². The predicted molar refractivity (Wildman–Crippen MR) is 84.7 cm³/mol. The number of carboxylic acids is 1. The number of carboxylic acid groups (broad SMARTS) is 1. The average molecular weight is 338 g/mol. The Kier molecular flexibility index (Phi) is 4.38. The third-order valence-corrected chi connectivity index (χ3v) is 5.84. The van der Waals surface area contributed by atoms with Crippen LogP contribution in [0.25, 0.3) is 0 Å². The van der Waals surface area contributed by atoms with Crippen LogP contribution in [0.2, 0.25) is 0 Å². The highest BCUT2D eigenvalue weighted by Crippen LogP contribution is 2.29. The largest absolute Gasteiger partial charge is 0.478 e. The van der Waals surface area contributed by atoms with E-state index < -0.39 is 16.2 Å². The van der Waals surface area contributed by atoms with Crippen molar-refractivity contribution in [2.24, 2.45) is 0 Å². The molecule has 0 saturated carbocycles. The molecule has 0 saturated heterocycles. The second-order valence-electron chi connectivity index (χ2n) is 5.40. The molecule has 2 aliphatic rings. The SMILES string of the molecule is O=C(O)c1ccc2c(c1)COCCN2S(=O)(=O)N1CC=CCC1. The lowest BCUT2D eigenvalue weighted by Gasteiger charge is -2.31. The van der Waals surface area contributed by atoms with E-state index in [2.05, 4.69) is 0 Å². The molecule has 23 heavy (non-hydrogen) atoms. The lowest BCUT2D eigenvalue weighted by molar-refractivity contribution is 0.0696. The first-order valence-electron chi connectivity index (χ1n) is 7.37. The number of anilines is 1. The molecule has 0 spiro atoms. The van der Waals surface area contributed by atoms with Crippen LogP contribution in [0.5, 0.6) is 0 Å². The summed E-state index contributed by atoms with van der Waals surface area (Å²) in [5, 5.41) is 9.10. The molecule has 0 amide bonds. The molecule has 0 radical (unpaired) electrons. The first-order chi connectivity index (χ1) is 11.0. The molecule has 8 heteroatoms. The topological polar surface area (TPSA) is 87.1 Å². The fourth-order valence-corrected chi connectivity index (χ4v) is 4.36. The predicted octanol–water partition coefficient (Wildman–Crippen LogP) is 1.23. The number of nitrogens with zero attached hydrogens (tertiary/aromatic N) is 2. The van der Waals surface area contributed by atoms with E-state index in [1.54, 1.807) is 6.07 Å². The Morgan fingerprint density at radius 1 is 1.22 bits per heavy atom. The van der Waals surface area contributed by atoms with Crippen molar-refractivity contribution in [2.45, 2.75) is 13.0 Å². The van der Waals surface area contributed by atoms with E-state index in [4.69, 9.17) is 9.84 Å². The maximum Gasteiger partial charge on any atom is 0.335 e. The quantitative estimate of drug-likeness (QED) is 0.838. The number of hydrogen-bond acceptors (Lipinski definition) is 4. The van der Waals surface area contributed by atoms with Gasteiger partial charge in [-0.25, -0.2) is 4.79 Å². The Labute approximate surface area is 134 Å². The first kappa shape index (κ1) is 16.0. The van der Waals surface area contributed by atoms with Crippen molar-refractivity contribution >= 4 is 21.9 Å². The third-order valence-electron chi connectivity index (χ3n) is 3.92. The van der Waals surface area contributed by atoms with Gasteiger partial charge in [0.25, 0.3) is 0 Å². The molecule has 0 unspecified atom stereocenters. The van der Waals surface area contributed by atoms with E-state index in [0.717, 1.165) is 0 Å². The van der Waals surface area contributed by atoms with E-state index in [1.807, 2.05) is 12.2 Å². The van der Waals surface area contributed by atoms with Crippen LogP contribution in [0.1, 0.15) is 22.3 Å². The average Bonchev–Trinajstić information content (AvgIpc) is 2.77. The van der Waals surface area contributed by atoms with Gasteiger partial charge in [0.15, 0.2) is 0 Å². The zero-order valence-corrected chi connectivity index (χ0v) is 13.3. The van der Waals surface area contributed by atoms with Gasteiger partial charge in [0.05, 0.1) is 31.0 Å². The molecule has 0 atom stereocenters. The highest BCUT2D eigenvalue weighted by Gasteiger charge is 2.32. The molecule has 0 aliphatic carbocycles. The van der Waals surface area contributed by atoms with E-state index in [1.165, 1.54) is 20.7 Å². The zero-order chi connectivity index (χ0) is 16.4. The van der Waals surface area contributed by atoms with Crippen molar-refractivity contribution in [3.05, 3.63) is 41.5 Å². The minimum Gasteiger partial charge on any atom is -0.478 e. The van der Waals surface area contributed by atoms with Crippen LogP contribution in [-0.2, 0) is 21.6 Å². The lowest BCUT2D eigenvalue weighted by atomic mass is 10.1. The van der Waals surface area contributed by atoms with Gasteiger partial charge in [-0.1, -0.05) is 12.2 Å². The maximum absolute atomic E-state index is 12.9.